The highest BCUT2D eigenvalue weighted by atomic mass is 16.6. The van der Waals surface area contributed by atoms with E-state index < -0.39 is 5.60 Å². The van der Waals surface area contributed by atoms with E-state index in [4.69, 9.17) is 10.5 Å². The number of hydrogen-bond donors (Lipinski definition) is 3. The molecule has 2 aliphatic carbocycles. The Labute approximate surface area is 128 Å². The van der Waals surface area contributed by atoms with Gasteiger partial charge in [0, 0.05) is 24.2 Å². The predicted molar refractivity (Wildman–Crippen MR) is 84.2 cm³/mol. The van der Waals surface area contributed by atoms with Gasteiger partial charge in [-0.2, -0.15) is 0 Å². The lowest BCUT2D eigenvalue weighted by Crippen LogP contribution is -2.45. The van der Waals surface area contributed by atoms with Gasteiger partial charge in [-0.3, -0.25) is 0 Å². The number of hydrogen-bond acceptors (Lipinski definition) is 4. The molecule has 0 heterocycles. The van der Waals surface area contributed by atoms with Crippen molar-refractivity contribution in [2.45, 2.75) is 95.5 Å². The fourth-order valence-corrected chi connectivity index (χ4v) is 3.38. The van der Waals surface area contributed by atoms with Gasteiger partial charge in [0.15, 0.2) is 0 Å². The lowest BCUT2D eigenvalue weighted by Gasteiger charge is -2.32. The van der Waals surface area contributed by atoms with Crippen molar-refractivity contribution in [3.8, 4) is 0 Å². The molecule has 122 valence electrons. The SMILES string of the molecule is CC(C)(C)OC(=O)NC1CCC(NC2CCC(N)C2)CC1. The van der Waals surface area contributed by atoms with E-state index in [0.29, 0.717) is 18.1 Å². The van der Waals surface area contributed by atoms with Crippen LogP contribution < -0.4 is 16.4 Å². The van der Waals surface area contributed by atoms with Gasteiger partial charge >= 0.3 is 6.09 Å². The van der Waals surface area contributed by atoms with E-state index in [9.17, 15) is 4.79 Å². The van der Waals surface area contributed by atoms with Crippen molar-refractivity contribution in [1.82, 2.24) is 10.6 Å². The number of nitrogens with one attached hydrogen (secondary N) is 2. The van der Waals surface area contributed by atoms with Crippen LogP contribution in [0.1, 0.15) is 65.7 Å². The Bertz CT molecular complexity index is 346. The number of nitrogens with two attached hydrogens (primary N) is 1. The molecule has 2 saturated carbocycles. The molecule has 5 nitrogen and oxygen atoms in total. The van der Waals surface area contributed by atoms with Crippen LogP contribution >= 0.6 is 0 Å². The Hall–Kier alpha value is -0.810. The first-order valence-electron chi connectivity index (χ1n) is 8.33. The summed E-state index contributed by atoms with van der Waals surface area (Å²) in [6, 6.07) is 1.81. The summed E-state index contributed by atoms with van der Waals surface area (Å²) in [5.41, 5.74) is 5.53. The van der Waals surface area contributed by atoms with Gasteiger partial charge in [0.05, 0.1) is 0 Å². The molecular weight excluding hydrogens is 266 g/mol. The average Bonchev–Trinajstić information content (AvgIpc) is 2.75. The Kier molecular flexibility index (Phi) is 5.49. The van der Waals surface area contributed by atoms with Crippen LogP contribution in [0, 0.1) is 0 Å². The largest absolute Gasteiger partial charge is 0.444 e. The summed E-state index contributed by atoms with van der Waals surface area (Å²) in [4.78, 5) is 11.8. The maximum Gasteiger partial charge on any atom is 0.407 e. The zero-order valence-electron chi connectivity index (χ0n) is 13.7. The van der Waals surface area contributed by atoms with E-state index in [0.717, 1.165) is 38.5 Å². The normalized spacial score (nSPS) is 33.7. The van der Waals surface area contributed by atoms with Gasteiger partial charge in [-0.05, 0) is 65.7 Å². The predicted octanol–water partition coefficient (Wildman–Crippen LogP) is 2.29. The summed E-state index contributed by atoms with van der Waals surface area (Å²) < 4.78 is 5.31. The van der Waals surface area contributed by atoms with Crippen molar-refractivity contribution in [1.29, 1.82) is 0 Å². The molecule has 2 unspecified atom stereocenters. The van der Waals surface area contributed by atoms with E-state index in [1.54, 1.807) is 0 Å². The molecule has 2 atom stereocenters. The summed E-state index contributed by atoms with van der Waals surface area (Å²) in [7, 11) is 0. The maximum absolute atomic E-state index is 11.8. The van der Waals surface area contributed by atoms with Crippen molar-refractivity contribution in [2.24, 2.45) is 5.73 Å². The Balaban J connectivity index is 1.65. The summed E-state index contributed by atoms with van der Waals surface area (Å²) in [5, 5.41) is 6.72. The molecule has 0 spiro atoms. The highest BCUT2D eigenvalue weighted by molar-refractivity contribution is 5.68. The molecule has 4 N–H and O–H groups in total. The van der Waals surface area contributed by atoms with Crippen LogP contribution in [0.5, 0.6) is 0 Å². The Morgan fingerprint density at radius 1 is 1.00 bits per heavy atom. The molecule has 0 radical (unpaired) electrons. The minimum absolute atomic E-state index is 0.253. The molecule has 0 bridgehead atoms. The Morgan fingerprint density at radius 2 is 1.57 bits per heavy atom. The molecule has 1 amide bonds. The highest BCUT2D eigenvalue weighted by Crippen LogP contribution is 2.23. The maximum atomic E-state index is 11.8. The van der Waals surface area contributed by atoms with Crippen LogP contribution in [-0.2, 0) is 4.74 Å². The van der Waals surface area contributed by atoms with Gasteiger partial charge in [-0.15, -0.1) is 0 Å². The van der Waals surface area contributed by atoms with E-state index in [2.05, 4.69) is 10.6 Å². The number of amides is 1. The van der Waals surface area contributed by atoms with Gasteiger partial charge in [0.25, 0.3) is 0 Å². The van der Waals surface area contributed by atoms with Crippen LogP contribution in [0.2, 0.25) is 0 Å². The molecule has 0 aromatic carbocycles. The van der Waals surface area contributed by atoms with Crippen LogP contribution in [0.25, 0.3) is 0 Å². The van der Waals surface area contributed by atoms with Crippen molar-refractivity contribution in [2.75, 3.05) is 0 Å². The highest BCUT2D eigenvalue weighted by Gasteiger charge is 2.28. The second kappa shape index (κ2) is 6.97. The molecule has 21 heavy (non-hydrogen) atoms. The quantitative estimate of drug-likeness (QED) is 0.747. The molecule has 2 rings (SSSR count). The van der Waals surface area contributed by atoms with Crippen LogP contribution in [0.4, 0.5) is 4.79 Å². The van der Waals surface area contributed by atoms with Crippen molar-refractivity contribution < 1.29 is 9.53 Å². The minimum Gasteiger partial charge on any atom is -0.444 e. The molecule has 5 heteroatoms. The first-order valence-corrected chi connectivity index (χ1v) is 8.33. The van der Waals surface area contributed by atoms with Gasteiger partial charge in [0.2, 0.25) is 0 Å². The molecule has 0 aromatic heterocycles. The number of alkyl carbamates (subject to hydrolysis) is 1. The molecule has 0 saturated heterocycles. The van der Waals surface area contributed by atoms with Gasteiger partial charge in [-0.1, -0.05) is 0 Å². The van der Waals surface area contributed by atoms with Gasteiger partial charge in [0.1, 0.15) is 5.60 Å². The van der Waals surface area contributed by atoms with E-state index in [-0.39, 0.29) is 12.1 Å². The monoisotopic (exact) mass is 297 g/mol. The number of rotatable bonds is 3. The third kappa shape index (κ3) is 5.83. The average molecular weight is 297 g/mol. The topological polar surface area (TPSA) is 76.4 Å². The minimum atomic E-state index is -0.427. The van der Waals surface area contributed by atoms with Gasteiger partial charge in [-0.25, -0.2) is 4.79 Å². The fraction of sp³-hybridized carbons (Fsp3) is 0.938. The number of carbonyl (C=O) groups excluding carboxylic acids is 1. The third-order valence-electron chi connectivity index (χ3n) is 4.39. The second-order valence-corrected chi connectivity index (χ2v) is 7.63. The Morgan fingerprint density at radius 3 is 2.10 bits per heavy atom. The summed E-state index contributed by atoms with van der Waals surface area (Å²) in [5.74, 6) is 0. The molecule has 0 aliphatic heterocycles. The van der Waals surface area contributed by atoms with Gasteiger partial charge < -0.3 is 21.1 Å². The third-order valence-corrected chi connectivity index (χ3v) is 4.39. The van der Waals surface area contributed by atoms with Crippen molar-refractivity contribution >= 4 is 6.09 Å². The zero-order valence-corrected chi connectivity index (χ0v) is 13.7. The number of carbonyl (C=O) groups is 1. The lowest BCUT2D eigenvalue weighted by molar-refractivity contribution is 0.0489. The standard InChI is InChI=1S/C16H31N3O2/c1-16(2,3)21-15(20)19-13-8-6-12(7-9-13)18-14-5-4-11(17)10-14/h11-14,18H,4-10,17H2,1-3H3,(H,19,20). The van der Waals surface area contributed by atoms with Crippen molar-refractivity contribution in [3.05, 3.63) is 0 Å². The van der Waals surface area contributed by atoms with E-state index in [1.165, 1.54) is 6.42 Å². The molecule has 2 fully saturated rings. The zero-order chi connectivity index (χ0) is 15.5. The first-order chi connectivity index (χ1) is 9.82. The molecular formula is C16H31N3O2. The summed E-state index contributed by atoms with van der Waals surface area (Å²) in [6.07, 6.45) is 7.45. The molecule has 2 aliphatic rings. The van der Waals surface area contributed by atoms with Crippen molar-refractivity contribution in [3.63, 3.8) is 0 Å². The smallest absolute Gasteiger partial charge is 0.407 e. The van der Waals surface area contributed by atoms with E-state index >= 15 is 0 Å². The van der Waals surface area contributed by atoms with Crippen LogP contribution in [-0.4, -0.2) is 35.9 Å². The number of ether oxygens (including phenoxy) is 1. The second-order valence-electron chi connectivity index (χ2n) is 7.63. The summed E-state index contributed by atoms with van der Waals surface area (Å²) >= 11 is 0. The summed E-state index contributed by atoms with van der Waals surface area (Å²) in [6.45, 7) is 5.67. The van der Waals surface area contributed by atoms with Crippen LogP contribution in [0.15, 0.2) is 0 Å². The first kappa shape index (κ1) is 16.6. The van der Waals surface area contributed by atoms with E-state index in [1.807, 2.05) is 20.8 Å². The molecule has 0 aromatic rings. The fourth-order valence-electron chi connectivity index (χ4n) is 3.38. The lowest BCUT2D eigenvalue weighted by atomic mass is 9.90. The van der Waals surface area contributed by atoms with Crippen LogP contribution in [0.3, 0.4) is 0 Å².